The number of nitrogens with zero attached hydrogens (tertiary/aromatic N) is 2. The predicted octanol–water partition coefficient (Wildman–Crippen LogP) is 7.57. The highest BCUT2D eigenvalue weighted by molar-refractivity contribution is 7.17. The van der Waals surface area contributed by atoms with Gasteiger partial charge in [-0.05, 0) is 47.6 Å². The van der Waals surface area contributed by atoms with Gasteiger partial charge in [-0.25, -0.2) is 9.97 Å². The van der Waals surface area contributed by atoms with Gasteiger partial charge in [0.15, 0.2) is 0 Å². The van der Waals surface area contributed by atoms with Crippen LogP contribution in [0.25, 0.3) is 21.3 Å². The maximum absolute atomic E-state index is 4.56. The highest BCUT2D eigenvalue weighted by atomic mass is 32.1. The van der Waals surface area contributed by atoms with E-state index in [-0.39, 0.29) is 0 Å². The lowest BCUT2D eigenvalue weighted by Gasteiger charge is -2.10. The fourth-order valence-corrected chi connectivity index (χ4v) is 4.42. The number of anilines is 2. The van der Waals surface area contributed by atoms with Crippen molar-refractivity contribution in [2.45, 2.75) is 46.0 Å². The molecule has 0 saturated carbocycles. The summed E-state index contributed by atoms with van der Waals surface area (Å²) in [5.74, 6) is 1.39. The fraction of sp³-hybridized carbons (Fsp3) is 0.280. The van der Waals surface area contributed by atoms with Crippen LogP contribution in [-0.2, 0) is 6.42 Å². The van der Waals surface area contributed by atoms with Gasteiger partial charge >= 0.3 is 0 Å². The molecule has 0 amide bonds. The standard InChI is InChI=1S/C25H27N3S/c1-4-5-6-18-7-13-21(14-8-18)28-24-23-22(15-29-25(23)27-16-26-24)20-11-9-19(10-12-20)17(2)3/h7-17H,4-6H2,1-3H3,(H,26,27,28). The molecule has 148 valence electrons. The molecule has 4 aromatic rings. The highest BCUT2D eigenvalue weighted by Crippen LogP contribution is 2.37. The van der Waals surface area contributed by atoms with Gasteiger partial charge in [0.1, 0.15) is 17.0 Å². The summed E-state index contributed by atoms with van der Waals surface area (Å²) in [4.78, 5) is 10.1. The summed E-state index contributed by atoms with van der Waals surface area (Å²) >= 11 is 1.66. The minimum Gasteiger partial charge on any atom is -0.340 e. The van der Waals surface area contributed by atoms with Gasteiger partial charge in [-0.1, -0.05) is 63.6 Å². The van der Waals surface area contributed by atoms with Gasteiger partial charge in [0.2, 0.25) is 0 Å². The monoisotopic (exact) mass is 401 g/mol. The smallest absolute Gasteiger partial charge is 0.143 e. The third-order valence-electron chi connectivity index (χ3n) is 5.29. The molecule has 0 radical (unpaired) electrons. The van der Waals surface area contributed by atoms with Crippen LogP contribution in [0.1, 0.15) is 50.7 Å². The highest BCUT2D eigenvalue weighted by Gasteiger charge is 2.13. The number of aryl methyl sites for hydroxylation is 1. The van der Waals surface area contributed by atoms with Crippen molar-refractivity contribution < 1.29 is 0 Å². The average molecular weight is 402 g/mol. The van der Waals surface area contributed by atoms with Crippen molar-refractivity contribution in [3.8, 4) is 11.1 Å². The van der Waals surface area contributed by atoms with Gasteiger partial charge in [0.05, 0.1) is 5.39 Å². The molecule has 2 aromatic carbocycles. The first kappa shape index (κ1) is 19.6. The van der Waals surface area contributed by atoms with Crippen LogP contribution >= 0.6 is 11.3 Å². The van der Waals surface area contributed by atoms with E-state index in [9.17, 15) is 0 Å². The van der Waals surface area contributed by atoms with Gasteiger partial charge in [0.25, 0.3) is 0 Å². The average Bonchev–Trinajstić information content (AvgIpc) is 3.18. The van der Waals surface area contributed by atoms with E-state index in [2.05, 4.69) is 90.0 Å². The van der Waals surface area contributed by atoms with E-state index in [0.29, 0.717) is 5.92 Å². The molecule has 0 bridgehead atoms. The van der Waals surface area contributed by atoms with Gasteiger partial charge in [0, 0.05) is 16.6 Å². The fourth-order valence-electron chi connectivity index (χ4n) is 3.50. The van der Waals surface area contributed by atoms with Gasteiger partial charge in [-0.3, -0.25) is 0 Å². The first-order valence-electron chi connectivity index (χ1n) is 10.3. The normalized spacial score (nSPS) is 11.3. The zero-order valence-corrected chi connectivity index (χ0v) is 18.1. The molecule has 4 heteroatoms. The summed E-state index contributed by atoms with van der Waals surface area (Å²) in [5, 5.41) is 6.78. The predicted molar refractivity (Wildman–Crippen MR) is 125 cm³/mol. The summed E-state index contributed by atoms with van der Waals surface area (Å²) in [5.41, 5.74) is 6.17. The SMILES string of the molecule is CCCCc1ccc(Nc2ncnc3scc(-c4ccc(C(C)C)cc4)c23)cc1. The number of benzene rings is 2. The maximum atomic E-state index is 4.56. The molecule has 0 unspecified atom stereocenters. The topological polar surface area (TPSA) is 37.8 Å². The van der Waals surface area contributed by atoms with Crippen LogP contribution in [0.5, 0.6) is 0 Å². The molecule has 0 spiro atoms. The number of hydrogen-bond donors (Lipinski definition) is 1. The second-order valence-corrected chi connectivity index (χ2v) is 8.61. The van der Waals surface area contributed by atoms with E-state index in [0.717, 1.165) is 28.1 Å². The summed E-state index contributed by atoms with van der Waals surface area (Å²) in [6.45, 7) is 6.67. The van der Waals surface area contributed by atoms with E-state index in [1.165, 1.54) is 35.1 Å². The Morgan fingerprint density at radius 2 is 1.72 bits per heavy atom. The zero-order valence-electron chi connectivity index (χ0n) is 17.3. The Kier molecular flexibility index (Phi) is 5.91. The van der Waals surface area contributed by atoms with Crippen LogP contribution in [-0.4, -0.2) is 9.97 Å². The van der Waals surface area contributed by atoms with Crippen LogP contribution in [0.3, 0.4) is 0 Å². The lowest BCUT2D eigenvalue weighted by Crippen LogP contribution is -1.96. The van der Waals surface area contributed by atoms with E-state index < -0.39 is 0 Å². The van der Waals surface area contributed by atoms with Crippen molar-refractivity contribution >= 4 is 33.1 Å². The van der Waals surface area contributed by atoms with Gasteiger partial charge in [-0.2, -0.15) is 0 Å². The van der Waals surface area contributed by atoms with E-state index in [1.54, 1.807) is 17.7 Å². The number of unbranched alkanes of at least 4 members (excludes halogenated alkanes) is 1. The Morgan fingerprint density at radius 1 is 0.966 bits per heavy atom. The summed E-state index contributed by atoms with van der Waals surface area (Å²) in [6.07, 6.45) is 5.23. The summed E-state index contributed by atoms with van der Waals surface area (Å²) in [7, 11) is 0. The van der Waals surface area contributed by atoms with Gasteiger partial charge < -0.3 is 5.32 Å². The number of fused-ring (bicyclic) bond motifs is 1. The Labute approximate surface area is 176 Å². The Hall–Kier alpha value is -2.72. The molecular formula is C25H27N3S. The molecule has 0 aliphatic heterocycles. The van der Waals surface area contributed by atoms with Gasteiger partial charge in [-0.15, -0.1) is 11.3 Å². The Balaban J connectivity index is 1.66. The Morgan fingerprint density at radius 3 is 2.41 bits per heavy atom. The van der Waals surface area contributed by atoms with Crippen molar-refractivity contribution in [1.29, 1.82) is 0 Å². The molecule has 0 fully saturated rings. The molecule has 0 atom stereocenters. The zero-order chi connectivity index (χ0) is 20.2. The van der Waals surface area contributed by atoms with Crippen LogP contribution < -0.4 is 5.32 Å². The van der Waals surface area contributed by atoms with Crippen molar-refractivity contribution in [2.24, 2.45) is 0 Å². The second-order valence-electron chi connectivity index (χ2n) is 7.75. The molecule has 0 saturated heterocycles. The molecule has 4 rings (SSSR count). The number of hydrogen-bond acceptors (Lipinski definition) is 4. The first-order chi connectivity index (χ1) is 14.2. The molecule has 1 N–H and O–H groups in total. The van der Waals surface area contributed by atoms with E-state index in [1.807, 2.05) is 0 Å². The maximum Gasteiger partial charge on any atom is 0.143 e. The third-order valence-corrected chi connectivity index (χ3v) is 6.18. The van der Waals surface area contributed by atoms with Crippen LogP contribution in [0.4, 0.5) is 11.5 Å². The van der Waals surface area contributed by atoms with E-state index in [4.69, 9.17) is 0 Å². The summed E-state index contributed by atoms with van der Waals surface area (Å²) in [6, 6.07) is 17.5. The van der Waals surface area contributed by atoms with Crippen molar-refractivity contribution in [2.75, 3.05) is 5.32 Å². The quantitative estimate of drug-likeness (QED) is 0.347. The Bertz CT molecular complexity index is 1080. The van der Waals surface area contributed by atoms with Crippen molar-refractivity contribution in [1.82, 2.24) is 9.97 Å². The second kappa shape index (κ2) is 8.75. The van der Waals surface area contributed by atoms with Crippen molar-refractivity contribution in [3.63, 3.8) is 0 Å². The van der Waals surface area contributed by atoms with Crippen LogP contribution in [0, 0.1) is 0 Å². The number of thiophene rings is 1. The molecule has 0 aliphatic carbocycles. The molecule has 0 aliphatic rings. The molecule has 2 heterocycles. The largest absolute Gasteiger partial charge is 0.340 e. The lowest BCUT2D eigenvalue weighted by atomic mass is 9.99. The lowest BCUT2D eigenvalue weighted by molar-refractivity contribution is 0.795. The minimum atomic E-state index is 0.532. The number of nitrogens with one attached hydrogen (secondary N) is 1. The van der Waals surface area contributed by atoms with E-state index >= 15 is 0 Å². The third kappa shape index (κ3) is 4.33. The van der Waals surface area contributed by atoms with Crippen LogP contribution in [0.2, 0.25) is 0 Å². The van der Waals surface area contributed by atoms with Crippen LogP contribution in [0.15, 0.2) is 60.2 Å². The number of aromatic nitrogens is 2. The molecular weight excluding hydrogens is 374 g/mol. The minimum absolute atomic E-state index is 0.532. The first-order valence-corrected chi connectivity index (χ1v) is 11.2. The molecule has 3 nitrogen and oxygen atoms in total. The number of rotatable bonds is 7. The summed E-state index contributed by atoms with van der Waals surface area (Å²) < 4.78 is 0. The van der Waals surface area contributed by atoms with Crippen molar-refractivity contribution in [3.05, 3.63) is 71.4 Å². The molecule has 29 heavy (non-hydrogen) atoms. The molecule has 2 aromatic heterocycles.